The first-order valence-electron chi connectivity index (χ1n) is 6.38. The van der Waals surface area contributed by atoms with Crippen molar-refractivity contribution in [2.24, 2.45) is 0 Å². The Morgan fingerprint density at radius 2 is 2.26 bits per heavy atom. The van der Waals surface area contributed by atoms with E-state index < -0.39 is 0 Å². The number of rotatable bonds is 4. The van der Waals surface area contributed by atoms with Gasteiger partial charge >= 0.3 is 6.03 Å². The van der Waals surface area contributed by atoms with Crippen LogP contribution in [-0.4, -0.2) is 25.2 Å². The Hall–Kier alpha value is -0.970. The number of amides is 2. The van der Waals surface area contributed by atoms with Gasteiger partial charge in [0.25, 0.3) is 0 Å². The van der Waals surface area contributed by atoms with E-state index in [0.29, 0.717) is 28.3 Å². The molecular formula is C13H17Cl2N3O. The van der Waals surface area contributed by atoms with Crippen LogP contribution in [0.25, 0.3) is 0 Å². The molecule has 0 aliphatic carbocycles. The van der Waals surface area contributed by atoms with E-state index in [4.69, 9.17) is 23.2 Å². The molecule has 1 aromatic carbocycles. The molecule has 19 heavy (non-hydrogen) atoms. The second-order valence-electron chi connectivity index (χ2n) is 4.59. The second kappa shape index (κ2) is 6.98. The van der Waals surface area contributed by atoms with Gasteiger partial charge < -0.3 is 16.0 Å². The molecule has 1 atom stereocenters. The summed E-state index contributed by atoms with van der Waals surface area (Å²) in [7, 11) is 0. The molecule has 2 amide bonds. The number of hydrogen-bond donors (Lipinski definition) is 3. The molecule has 1 saturated heterocycles. The van der Waals surface area contributed by atoms with Crippen molar-refractivity contribution in [1.29, 1.82) is 0 Å². The first-order chi connectivity index (χ1) is 9.15. The van der Waals surface area contributed by atoms with Crippen molar-refractivity contribution in [3.63, 3.8) is 0 Å². The molecule has 0 saturated carbocycles. The zero-order valence-electron chi connectivity index (χ0n) is 10.5. The molecular weight excluding hydrogens is 285 g/mol. The van der Waals surface area contributed by atoms with Crippen LogP contribution in [0.1, 0.15) is 19.3 Å². The van der Waals surface area contributed by atoms with Crippen LogP contribution in [-0.2, 0) is 0 Å². The molecule has 1 aromatic rings. The number of anilines is 1. The van der Waals surface area contributed by atoms with E-state index >= 15 is 0 Å². The maximum atomic E-state index is 11.7. The molecule has 4 nitrogen and oxygen atoms in total. The summed E-state index contributed by atoms with van der Waals surface area (Å²) in [6, 6.07) is 5.22. The highest BCUT2D eigenvalue weighted by atomic mass is 35.5. The summed E-state index contributed by atoms with van der Waals surface area (Å²) in [5.74, 6) is 0. The van der Waals surface area contributed by atoms with Crippen LogP contribution in [0.2, 0.25) is 10.0 Å². The van der Waals surface area contributed by atoms with E-state index in [-0.39, 0.29) is 6.03 Å². The highest BCUT2D eigenvalue weighted by molar-refractivity contribution is 6.35. The maximum absolute atomic E-state index is 11.7. The molecule has 1 aliphatic heterocycles. The fraction of sp³-hybridized carbons (Fsp3) is 0.462. The van der Waals surface area contributed by atoms with Gasteiger partial charge in [0, 0.05) is 17.6 Å². The number of benzene rings is 1. The van der Waals surface area contributed by atoms with Gasteiger partial charge in [0.15, 0.2) is 0 Å². The van der Waals surface area contributed by atoms with Gasteiger partial charge in [-0.25, -0.2) is 4.79 Å². The number of hydrogen-bond acceptors (Lipinski definition) is 2. The minimum atomic E-state index is -0.262. The minimum Gasteiger partial charge on any atom is -0.338 e. The molecule has 0 radical (unpaired) electrons. The molecule has 1 aliphatic rings. The number of carbonyl (C=O) groups excluding carboxylic acids is 1. The Bertz CT molecular complexity index is 448. The third-order valence-electron chi connectivity index (χ3n) is 3.12. The van der Waals surface area contributed by atoms with Gasteiger partial charge in [-0.2, -0.15) is 0 Å². The van der Waals surface area contributed by atoms with E-state index in [9.17, 15) is 4.79 Å². The van der Waals surface area contributed by atoms with E-state index in [2.05, 4.69) is 16.0 Å². The molecule has 6 heteroatoms. The summed E-state index contributed by atoms with van der Waals surface area (Å²) in [4.78, 5) is 11.7. The topological polar surface area (TPSA) is 53.2 Å². The lowest BCUT2D eigenvalue weighted by atomic mass is 10.1. The third kappa shape index (κ3) is 4.56. The van der Waals surface area contributed by atoms with Gasteiger partial charge in [0.05, 0.1) is 10.7 Å². The zero-order valence-corrected chi connectivity index (χ0v) is 12.0. The van der Waals surface area contributed by atoms with Crippen LogP contribution in [0.4, 0.5) is 10.5 Å². The van der Waals surface area contributed by atoms with Crippen molar-refractivity contribution in [2.75, 3.05) is 18.4 Å². The van der Waals surface area contributed by atoms with Crippen molar-refractivity contribution >= 4 is 34.9 Å². The Kier molecular flexibility index (Phi) is 5.31. The Morgan fingerprint density at radius 3 is 3.00 bits per heavy atom. The first-order valence-corrected chi connectivity index (χ1v) is 7.14. The highest BCUT2D eigenvalue weighted by Crippen LogP contribution is 2.25. The fourth-order valence-corrected chi connectivity index (χ4v) is 2.46. The Labute approximate surface area is 122 Å². The molecule has 1 heterocycles. The summed E-state index contributed by atoms with van der Waals surface area (Å²) < 4.78 is 0. The van der Waals surface area contributed by atoms with Crippen molar-refractivity contribution in [2.45, 2.75) is 25.3 Å². The SMILES string of the molecule is O=C(NCCC1CCCN1)Nc1cc(Cl)ccc1Cl. The number of nitrogens with one attached hydrogen (secondary N) is 3. The van der Waals surface area contributed by atoms with E-state index in [1.54, 1.807) is 18.2 Å². The van der Waals surface area contributed by atoms with Gasteiger partial charge in [-0.3, -0.25) is 0 Å². The predicted molar refractivity (Wildman–Crippen MR) is 79.1 cm³/mol. The average Bonchev–Trinajstić information content (AvgIpc) is 2.87. The molecule has 0 aromatic heterocycles. The van der Waals surface area contributed by atoms with Gasteiger partial charge in [-0.05, 0) is 44.0 Å². The summed E-state index contributed by atoms with van der Waals surface area (Å²) in [6.45, 7) is 1.72. The highest BCUT2D eigenvalue weighted by Gasteiger charge is 2.13. The molecule has 2 rings (SSSR count). The molecule has 0 spiro atoms. The summed E-state index contributed by atoms with van der Waals surface area (Å²) in [5.41, 5.74) is 0.519. The van der Waals surface area contributed by atoms with Crippen molar-refractivity contribution in [3.05, 3.63) is 28.2 Å². The van der Waals surface area contributed by atoms with Crippen LogP contribution in [0, 0.1) is 0 Å². The fourth-order valence-electron chi connectivity index (χ4n) is 2.12. The van der Waals surface area contributed by atoms with E-state index in [1.165, 1.54) is 12.8 Å². The third-order valence-corrected chi connectivity index (χ3v) is 3.68. The van der Waals surface area contributed by atoms with Crippen molar-refractivity contribution in [1.82, 2.24) is 10.6 Å². The predicted octanol–water partition coefficient (Wildman–Crippen LogP) is 3.26. The van der Waals surface area contributed by atoms with E-state index in [1.807, 2.05) is 0 Å². The first kappa shape index (κ1) is 14.4. The van der Waals surface area contributed by atoms with Crippen LogP contribution in [0.3, 0.4) is 0 Å². The largest absolute Gasteiger partial charge is 0.338 e. The van der Waals surface area contributed by atoms with E-state index in [0.717, 1.165) is 13.0 Å². The standard InChI is InChI=1S/C13H17Cl2N3O/c14-9-3-4-11(15)12(8-9)18-13(19)17-7-5-10-2-1-6-16-10/h3-4,8,10,16H,1-2,5-7H2,(H2,17,18,19). The monoisotopic (exact) mass is 301 g/mol. The number of halogens is 2. The summed E-state index contributed by atoms with van der Waals surface area (Å²) >= 11 is 11.8. The summed E-state index contributed by atoms with van der Waals surface area (Å²) in [5, 5.41) is 9.90. The van der Waals surface area contributed by atoms with Gasteiger partial charge in [-0.1, -0.05) is 23.2 Å². The molecule has 3 N–H and O–H groups in total. The van der Waals surface area contributed by atoms with Crippen LogP contribution in [0.15, 0.2) is 18.2 Å². The zero-order chi connectivity index (χ0) is 13.7. The average molecular weight is 302 g/mol. The van der Waals surface area contributed by atoms with Crippen LogP contribution >= 0.6 is 23.2 Å². The van der Waals surface area contributed by atoms with Gasteiger partial charge in [0.1, 0.15) is 0 Å². The molecule has 104 valence electrons. The molecule has 1 unspecified atom stereocenters. The molecule has 1 fully saturated rings. The van der Waals surface area contributed by atoms with Crippen LogP contribution in [0.5, 0.6) is 0 Å². The van der Waals surface area contributed by atoms with Crippen molar-refractivity contribution in [3.8, 4) is 0 Å². The lowest BCUT2D eigenvalue weighted by Crippen LogP contribution is -2.33. The van der Waals surface area contributed by atoms with Gasteiger partial charge in [-0.15, -0.1) is 0 Å². The minimum absolute atomic E-state index is 0.262. The Morgan fingerprint density at radius 1 is 1.42 bits per heavy atom. The quantitative estimate of drug-likeness (QED) is 0.799. The smallest absolute Gasteiger partial charge is 0.319 e. The maximum Gasteiger partial charge on any atom is 0.319 e. The second-order valence-corrected chi connectivity index (χ2v) is 5.43. The lowest BCUT2D eigenvalue weighted by Gasteiger charge is -2.12. The number of urea groups is 1. The summed E-state index contributed by atoms with van der Waals surface area (Å²) in [6.07, 6.45) is 3.34. The lowest BCUT2D eigenvalue weighted by molar-refractivity contribution is 0.251. The van der Waals surface area contributed by atoms with Crippen LogP contribution < -0.4 is 16.0 Å². The van der Waals surface area contributed by atoms with Gasteiger partial charge in [0.2, 0.25) is 0 Å². The molecule has 0 bridgehead atoms. The normalized spacial score (nSPS) is 18.3. The van der Waals surface area contributed by atoms with Crippen molar-refractivity contribution < 1.29 is 4.79 Å². The Balaban J connectivity index is 1.75. The number of carbonyl (C=O) groups is 1.